The van der Waals surface area contributed by atoms with Crippen molar-refractivity contribution in [2.45, 2.75) is 26.7 Å². The topological polar surface area (TPSA) is 89.5 Å². The maximum Gasteiger partial charge on any atom is 0.338 e. The third kappa shape index (κ3) is 5.57. The number of hydrogen-bond donors (Lipinski definition) is 0. The Morgan fingerprint density at radius 2 is 1.07 bits per heavy atom. The monoisotopic (exact) mass is 422 g/mol. The average Bonchev–Trinajstić information content (AvgIpc) is 2.82. The van der Waals surface area contributed by atoms with Crippen LogP contribution in [0.4, 0.5) is 0 Å². The van der Waals surface area contributed by atoms with Crippen LogP contribution in [0.5, 0.6) is 0 Å². The van der Waals surface area contributed by atoms with E-state index in [4.69, 9.17) is 28.4 Å². The van der Waals surface area contributed by atoms with E-state index in [0.717, 1.165) is 12.8 Å². The fourth-order valence-corrected chi connectivity index (χ4v) is 3.36. The van der Waals surface area contributed by atoms with Gasteiger partial charge in [0.05, 0.1) is 48.4 Å². The van der Waals surface area contributed by atoms with Gasteiger partial charge in [-0.3, -0.25) is 0 Å². The minimum atomic E-state index is -0.449. The van der Waals surface area contributed by atoms with E-state index in [1.807, 2.05) is 13.8 Å². The highest BCUT2D eigenvalue weighted by Gasteiger charge is 2.35. The lowest BCUT2D eigenvalue weighted by atomic mass is 9.87. The van der Waals surface area contributed by atoms with Crippen molar-refractivity contribution in [1.82, 2.24) is 0 Å². The molecule has 0 atom stereocenters. The number of benzene rings is 1. The predicted molar refractivity (Wildman–Crippen MR) is 106 cm³/mol. The van der Waals surface area contributed by atoms with E-state index in [1.165, 1.54) is 0 Å². The molecule has 166 valence electrons. The number of carbonyl (C=O) groups excluding carboxylic acids is 2. The number of esters is 2. The molecule has 0 radical (unpaired) electrons. The van der Waals surface area contributed by atoms with E-state index >= 15 is 0 Å². The molecule has 0 bridgehead atoms. The summed E-state index contributed by atoms with van der Waals surface area (Å²) < 4.78 is 32.4. The largest absolute Gasteiger partial charge is 0.461 e. The van der Waals surface area contributed by atoms with Gasteiger partial charge in [-0.2, -0.15) is 0 Å². The van der Waals surface area contributed by atoms with Gasteiger partial charge in [0.15, 0.2) is 0 Å². The highest BCUT2D eigenvalue weighted by atomic mass is 16.7. The second-order valence-corrected chi connectivity index (χ2v) is 8.07. The van der Waals surface area contributed by atoms with Crippen LogP contribution in [-0.2, 0) is 28.4 Å². The van der Waals surface area contributed by atoms with Gasteiger partial charge in [0.2, 0.25) is 0 Å². The SMILES string of the molecule is CCC1(COC(=O)c2ccc(C(=O)OCC3(CC)COCOC3)cc2)COCOC1. The minimum Gasteiger partial charge on any atom is -0.461 e. The molecule has 2 heterocycles. The maximum atomic E-state index is 12.4. The van der Waals surface area contributed by atoms with E-state index in [9.17, 15) is 9.59 Å². The van der Waals surface area contributed by atoms with Crippen molar-refractivity contribution in [3.8, 4) is 0 Å². The van der Waals surface area contributed by atoms with Crippen LogP contribution < -0.4 is 0 Å². The molecular weight excluding hydrogens is 392 g/mol. The first-order chi connectivity index (χ1) is 14.5. The Bertz CT molecular complexity index is 641. The quantitative estimate of drug-likeness (QED) is 0.591. The fraction of sp³-hybridized carbons (Fsp3) is 0.636. The second-order valence-electron chi connectivity index (χ2n) is 8.07. The molecule has 0 aliphatic carbocycles. The van der Waals surface area contributed by atoms with Crippen molar-refractivity contribution in [2.24, 2.45) is 10.8 Å². The molecule has 2 saturated heterocycles. The third-order valence-electron chi connectivity index (χ3n) is 5.84. The van der Waals surface area contributed by atoms with E-state index in [1.54, 1.807) is 24.3 Å². The molecule has 0 spiro atoms. The molecule has 0 amide bonds. The molecule has 2 aliphatic rings. The summed E-state index contributed by atoms with van der Waals surface area (Å²) in [4.78, 5) is 24.8. The van der Waals surface area contributed by atoms with Gasteiger partial charge < -0.3 is 28.4 Å². The summed E-state index contributed by atoms with van der Waals surface area (Å²) in [7, 11) is 0. The number of hydrogen-bond acceptors (Lipinski definition) is 8. The van der Waals surface area contributed by atoms with Crippen molar-refractivity contribution in [3.63, 3.8) is 0 Å². The van der Waals surface area contributed by atoms with Gasteiger partial charge in [0.25, 0.3) is 0 Å². The summed E-state index contributed by atoms with van der Waals surface area (Å²) in [5, 5.41) is 0. The Morgan fingerprint density at radius 1 is 0.733 bits per heavy atom. The van der Waals surface area contributed by atoms with Gasteiger partial charge in [-0.15, -0.1) is 0 Å². The van der Waals surface area contributed by atoms with Crippen molar-refractivity contribution in [2.75, 3.05) is 53.2 Å². The normalized spacial score (nSPS) is 20.3. The van der Waals surface area contributed by atoms with Crippen LogP contribution in [-0.4, -0.2) is 65.2 Å². The van der Waals surface area contributed by atoms with Gasteiger partial charge in [0, 0.05) is 0 Å². The Hall–Kier alpha value is -2.00. The minimum absolute atomic E-state index is 0.218. The third-order valence-corrected chi connectivity index (χ3v) is 5.84. The van der Waals surface area contributed by atoms with Crippen molar-refractivity contribution in [1.29, 1.82) is 0 Å². The molecule has 2 aliphatic heterocycles. The molecule has 0 saturated carbocycles. The molecular formula is C22H30O8. The Balaban J connectivity index is 1.52. The highest BCUT2D eigenvalue weighted by Crippen LogP contribution is 2.28. The van der Waals surface area contributed by atoms with E-state index in [2.05, 4.69) is 0 Å². The molecule has 1 aromatic carbocycles. The molecule has 30 heavy (non-hydrogen) atoms. The standard InChI is InChI=1S/C22H30O8/c1-3-21(9-25-15-26-10-21)13-29-19(23)17-5-7-18(8-6-17)20(24)30-14-22(4-2)11-27-16-28-12-22/h5-8H,3-4,9-16H2,1-2H3. The first-order valence-corrected chi connectivity index (χ1v) is 10.3. The van der Waals surface area contributed by atoms with Crippen LogP contribution in [0.1, 0.15) is 47.4 Å². The molecule has 3 rings (SSSR count). The van der Waals surface area contributed by atoms with E-state index < -0.39 is 11.9 Å². The summed E-state index contributed by atoms with van der Waals surface area (Å²) in [6.45, 7) is 6.99. The lowest BCUT2D eigenvalue weighted by molar-refractivity contribution is -0.177. The molecule has 0 unspecified atom stereocenters. The van der Waals surface area contributed by atoms with Crippen LogP contribution in [0.3, 0.4) is 0 Å². The summed E-state index contributed by atoms with van der Waals surface area (Å²) in [5.74, 6) is -0.899. The predicted octanol–water partition coefficient (Wildman–Crippen LogP) is 2.80. The zero-order valence-electron chi connectivity index (χ0n) is 17.6. The van der Waals surface area contributed by atoms with E-state index in [-0.39, 0.29) is 37.6 Å². The lowest BCUT2D eigenvalue weighted by Crippen LogP contribution is -2.41. The van der Waals surface area contributed by atoms with Crippen LogP contribution in [0.2, 0.25) is 0 Å². The summed E-state index contributed by atoms with van der Waals surface area (Å²) in [6, 6.07) is 6.25. The number of rotatable bonds is 8. The van der Waals surface area contributed by atoms with Crippen LogP contribution in [0.25, 0.3) is 0 Å². The fourth-order valence-electron chi connectivity index (χ4n) is 3.36. The van der Waals surface area contributed by atoms with Gasteiger partial charge >= 0.3 is 11.9 Å². The smallest absolute Gasteiger partial charge is 0.338 e. The molecule has 8 heteroatoms. The summed E-state index contributed by atoms with van der Waals surface area (Å²) in [5.41, 5.74) is 0.0999. The van der Waals surface area contributed by atoms with Crippen LogP contribution >= 0.6 is 0 Å². The van der Waals surface area contributed by atoms with Crippen molar-refractivity contribution in [3.05, 3.63) is 35.4 Å². The maximum absolute atomic E-state index is 12.4. The van der Waals surface area contributed by atoms with Gasteiger partial charge in [-0.1, -0.05) is 13.8 Å². The molecule has 0 aromatic heterocycles. The van der Waals surface area contributed by atoms with Gasteiger partial charge in [-0.05, 0) is 37.1 Å². The Kier molecular flexibility index (Phi) is 7.82. The Morgan fingerprint density at radius 3 is 1.37 bits per heavy atom. The summed E-state index contributed by atoms with van der Waals surface area (Å²) >= 11 is 0. The summed E-state index contributed by atoms with van der Waals surface area (Å²) in [6.07, 6.45) is 1.56. The first-order valence-electron chi connectivity index (χ1n) is 10.3. The second kappa shape index (κ2) is 10.3. The van der Waals surface area contributed by atoms with Crippen molar-refractivity contribution >= 4 is 11.9 Å². The first kappa shape index (κ1) is 22.7. The van der Waals surface area contributed by atoms with Crippen LogP contribution in [0, 0.1) is 10.8 Å². The number of ether oxygens (including phenoxy) is 6. The average molecular weight is 422 g/mol. The molecule has 8 nitrogen and oxygen atoms in total. The van der Waals surface area contributed by atoms with Gasteiger partial charge in [0.1, 0.15) is 26.8 Å². The molecule has 1 aromatic rings. The zero-order chi connectivity index (χ0) is 21.5. The lowest BCUT2D eigenvalue weighted by Gasteiger charge is -2.35. The van der Waals surface area contributed by atoms with Crippen molar-refractivity contribution < 1.29 is 38.0 Å². The number of carbonyl (C=O) groups is 2. The molecule has 2 fully saturated rings. The van der Waals surface area contributed by atoms with E-state index in [0.29, 0.717) is 37.6 Å². The highest BCUT2D eigenvalue weighted by molar-refractivity contribution is 5.93. The van der Waals surface area contributed by atoms with Crippen LogP contribution in [0.15, 0.2) is 24.3 Å². The van der Waals surface area contributed by atoms with Gasteiger partial charge in [-0.25, -0.2) is 9.59 Å². The zero-order valence-corrected chi connectivity index (χ0v) is 17.6. The Labute approximate surface area is 176 Å². The molecule has 0 N–H and O–H groups in total.